The fourth-order valence-corrected chi connectivity index (χ4v) is 2.11. The number of carbonyl (C=O) groups is 1. The number of methoxy groups -OCH3 is 1. The molecule has 0 saturated carbocycles. The van der Waals surface area contributed by atoms with Crippen LogP contribution in [0.2, 0.25) is 0 Å². The summed E-state index contributed by atoms with van der Waals surface area (Å²) in [6, 6.07) is 12.5. The van der Waals surface area contributed by atoms with Crippen molar-refractivity contribution in [3.05, 3.63) is 65.0 Å². The number of hydrogen-bond acceptors (Lipinski definition) is 3. The molecule has 2 aromatic rings. The van der Waals surface area contributed by atoms with Crippen molar-refractivity contribution < 1.29 is 13.9 Å². The summed E-state index contributed by atoms with van der Waals surface area (Å²) in [5.41, 5.74) is 1.61. The highest BCUT2D eigenvalue weighted by Crippen LogP contribution is 2.25. The van der Waals surface area contributed by atoms with Crippen LogP contribution in [0.3, 0.4) is 0 Å². The lowest BCUT2D eigenvalue weighted by Crippen LogP contribution is -2.11. The van der Waals surface area contributed by atoms with Gasteiger partial charge < -0.3 is 4.74 Å². The van der Waals surface area contributed by atoms with E-state index in [1.807, 2.05) is 13.0 Å². The fraction of sp³-hybridized carbons (Fsp3) is 0.176. The molecule has 106 valence electrons. The Balaban J connectivity index is 2.40. The average molecular weight is 283 g/mol. The van der Waals surface area contributed by atoms with Crippen LogP contribution in [0.15, 0.2) is 42.5 Å². The van der Waals surface area contributed by atoms with Gasteiger partial charge in [-0.05, 0) is 36.2 Å². The molecular weight excluding hydrogens is 269 g/mol. The monoisotopic (exact) mass is 283 g/mol. The summed E-state index contributed by atoms with van der Waals surface area (Å²) in [5.74, 6) is -1.30. The van der Waals surface area contributed by atoms with E-state index in [9.17, 15) is 14.4 Å². The van der Waals surface area contributed by atoms with Gasteiger partial charge in [0.05, 0.1) is 13.2 Å². The molecule has 0 aliphatic rings. The van der Waals surface area contributed by atoms with Gasteiger partial charge in [-0.3, -0.25) is 4.79 Å². The normalized spacial score (nSPS) is 11.5. The maximum atomic E-state index is 13.3. The highest BCUT2D eigenvalue weighted by atomic mass is 19.1. The number of nitrogens with zero attached hydrogens (tertiary/aromatic N) is 1. The molecule has 0 fully saturated rings. The van der Waals surface area contributed by atoms with Crippen LogP contribution in [0.1, 0.15) is 27.4 Å². The number of ether oxygens (including phenoxy) is 1. The lowest BCUT2D eigenvalue weighted by atomic mass is 9.91. The molecule has 0 aliphatic carbocycles. The summed E-state index contributed by atoms with van der Waals surface area (Å²) in [4.78, 5) is 12.5. The number of halogens is 1. The summed E-state index contributed by atoms with van der Waals surface area (Å²) in [5, 5.41) is 9.26. The summed E-state index contributed by atoms with van der Waals surface area (Å²) in [6.07, 6.45) is 0. The molecule has 0 amide bonds. The molecule has 2 rings (SSSR count). The second-order valence-electron chi connectivity index (χ2n) is 4.67. The minimum Gasteiger partial charge on any atom is -0.496 e. The van der Waals surface area contributed by atoms with E-state index in [0.717, 1.165) is 5.56 Å². The van der Waals surface area contributed by atoms with Crippen molar-refractivity contribution in [2.75, 3.05) is 7.11 Å². The molecular formula is C17H14FNO2. The number of benzene rings is 2. The van der Waals surface area contributed by atoms with Crippen LogP contribution in [0, 0.1) is 24.1 Å². The molecule has 0 bridgehead atoms. The van der Waals surface area contributed by atoms with Gasteiger partial charge in [0, 0.05) is 5.56 Å². The number of hydrogen-bond donors (Lipinski definition) is 0. The molecule has 1 atom stereocenters. The zero-order valence-electron chi connectivity index (χ0n) is 11.8. The van der Waals surface area contributed by atoms with Gasteiger partial charge in [0.25, 0.3) is 0 Å². The van der Waals surface area contributed by atoms with E-state index in [-0.39, 0.29) is 5.78 Å². The van der Waals surface area contributed by atoms with Crippen molar-refractivity contribution in [3.8, 4) is 11.8 Å². The number of nitriles is 1. The van der Waals surface area contributed by atoms with Crippen LogP contribution in [0.5, 0.6) is 5.75 Å². The van der Waals surface area contributed by atoms with E-state index < -0.39 is 11.7 Å². The molecule has 0 aliphatic heterocycles. The molecule has 2 aromatic carbocycles. The van der Waals surface area contributed by atoms with Crippen LogP contribution in [0.25, 0.3) is 0 Å². The highest BCUT2D eigenvalue weighted by molar-refractivity contribution is 6.03. The van der Waals surface area contributed by atoms with Crippen LogP contribution in [-0.2, 0) is 0 Å². The minimum absolute atomic E-state index is 0.349. The fourth-order valence-electron chi connectivity index (χ4n) is 2.11. The molecule has 0 saturated heterocycles. The molecule has 3 nitrogen and oxygen atoms in total. The Morgan fingerprint density at radius 1 is 1.29 bits per heavy atom. The standard InChI is InChI=1S/C17H14FNO2/c1-11-6-7-13(9-16(11)21-2)17(20)15(10-19)12-4-3-5-14(18)8-12/h3-9,15H,1-2H3. The van der Waals surface area contributed by atoms with Crippen molar-refractivity contribution in [3.63, 3.8) is 0 Å². The predicted octanol–water partition coefficient (Wildman–Crippen LogP) is 3.63. The lowest BCUT2D eigenvalue weighted by molar-refractivity contribution is 0.0978. The number of carbonyl (C=O) groups excluding carboxylic acids is 1. The maximum absolute atomic E-state index is 13.3. The second kappa shape index (κ2) is 6.19. The van der Waals surface area contributed by atoms with Gasteiger partial charge in [-0.15, -0.1) is 0 Å². The van der Waals surface area contributed by atoms with Crippen molar-refractivity contribution >= 4 is 5.78 Å². The quantitative estimate of drug-likeness (QED) is 0.805. The van der Waals surface area contributed by atoms with Crippen LogP contribution < -0.4 is 4.74 Å². The van der Waals surface area contributed by atoms with Gasteiger partial charge in [-0.2, -0.15) is 5.26 Å². The Bertz CT molecular complexity index is 719. The number of rotatable bonds is 4. The number of Topliss-reactive ketones (excluding diaryl/α,β-unsaturated/α-hetero) is 1. The van der Waals surface area contributed by atoms with Crippen molar-refractivity contribution in [2.45, 2.75) is 12.8 Å². The Kier molecular flexibility index (Phi) is 4.34. The van der Waals surface area contributed by atoms with Gasteiger partial charge >= 0.3 is 0 Å². The van der Waals surface area contributed by atoms with Gasteiger partial charge in [0.1, 0.15) is 17.5 Å². The zero-order valence-corrected chi connectivity index (χ0v) is 11.8. The highest BCUT2D eigenvalue weighted by Gasteiger charge is 2.22. The first kappa shape index (κ1) is 14.7. The third-order valence-electron chi connectivity index (χ3n) is 3.27. The van der Waals surface area contributed by atoms with Crippen LogP contribution in [0.4, 0.5) is 4.39 Å². The molecule has 0 radical (unpaired) electrons. The molecule has 1 unspecified atom stereocenters. The first-order chi connectivity index (χ1) is 10.1. The van der Waals surface area contributed by atoms with E-state index in [1.54, 1.807) is 24.3 Å². The van der Waals surface area contributed by atoms with E-state index in [2.05, 4.69) is 0 Å². The minimum atomic E-state index is -1.03. The van der Waals surface area contributed by atoms with E-state index >= 15 is 0 Å². The number of ketones is 1. The Morgan fingerprint density at radius 3 is 2.67 bits per heavy atom. The Morgan fingerprint density at radius 2 is 2.05 bits per heavy atom. The molecule has 21 heavy (non-hydrogen) atoms. The molecule has 0 aromatic heterocycles. The molecule has 0 heterocycles. The van der Waals surface area contributed by atoms with E-state index in [0.29, 0.717) is 16.9 Å². The molecule has 0 N–H and O–H groups in total. The average Bonchev–Trinajstić information content (AvgIpc) is 2.48. The Hall–Kier alpha value is -2.67. The van der Waals surface area contributed by atoms with Crippen molar-refractivity contribution in [1.82, 2.24) is 0 Å². The Labute approximate surface area is 122 Å². The summed E-state index contributed by atoms with van der Waals surface area (Å²) in [6.45, 7) is 1.86. The molecule has 4 heteroatoms. The lowest BCUT2D eigenvalue weighted by Gasteiger charge is -2.11. The van der Waals surface area contributed by atoms with Crippen molar-refractivity contribution in [2.24, 2.45) is 0 Å². The summed E-state index contributed by atoms with van der Waals surface area (Å²) in [7, 11) is 1.52. The smallest absolute Gasteiger partial charge is 0.184 e. The summed E-state index contributed by atoms with van der Waals surface area (Å²) < 4.78 is 18.4. The van der Waals surface area contributed by atoms with Gasteiger partial charge in [-0.1, -0.05) is 24.3 Å². The van der Waals surface area contributed by atoms with Gasteiger partial charge in [0.2, 0.25) is 0 Å². The third-order valence-corrected chi connectivity index (χ3v) is 3.27. The zero-order chi connectivity index (χ0) is 15.4. The first-order valence-corrected chi connectivity index (χ1v) is 6.40. The molecule has 0 spiro atoms. The van der Waals surface area contributed by atoms with Crippen LogP contribution >= 0.6 is 0 Å². The number of aryl methyl sites for hydroxylation is 1. The topological polar surface area (TPSA) is 50.1 Å². The maximum Gasteiger partial charge on any atom is 0.184 e. The van der Waals surface area contributed by atoms with E-state index in [4.69, 9.17) is 4.74 Å². The predicted molar refractivity (Wildman–Crippen MR) is 76.8 cm³/mol. The van der Waals surface area contributed by atoms with Crippen LogP contribution in [-0.4, -0.2) is 12.9 Å². The van der Waals surface area contributed by atoms with Crippen molar-refractivity contribution in [1.29, 1.82) is 5.26 Å². The van der Waals surface area contributed by atoms with E-state index in [1.165, 1.54) is 25.3 Å². The first-order valence-electron chi connectivity index (χ1n) is 6.40. The van der Waals surface area contributed by atoms with Gasteiger partial charge in [-0.25, -0.2) is 4.39 Å². The summed E-state index contributed by atoms with van der Waals surface area (Å²) >= 11 is 0. The largest absolute Gasteiger partial charge is 0.496 e. The SMILES string of the molecule is COc1cc(C(=O)C(C#N)c2cccc(F)c2)ccc1C. The third kappa shape index (κ3) is 3.09. The second-order valence-corrected chi connectivity index (χ2v) is 4.67. The van der Waals surface area contributed by atoms with Gasteiger partial charge in [0.15, 0.2) is 5.78 Å².